The molecule has 0 aliphatic carbocycles. The number of hydrogen-bond acceptors (Lipinski definition) is 5. The number of nitrogens with one attached hydrogen (secondary N) is 2. The molecule has 4 aromatic carbocycles. The molecule has 0 bridgehead atoms. The van der Waals surface area contributed by atoms with Gasteiger partial charge in [0.25, 0.3) is 5.91 Å². The molecular weight excluding hydrogens is 484 g/mol. The molecule has 5 aromatic rings. The fourth-order valence-electron chi connectivity index (χ4n) is 4.01. The summed E-state index contributed by atoms with van der Waals surface area (Å²) in [6, 6.07) is 31.5. The summed E-state index contributed by atoms with van der Waals surface area (Å²) in [6.07, 6.45) is 0. The van der Waals surface area contributed by atoms with Crippen LogP contribution >= 0.6 is 12.2 Å². The Morgan fingerprint density at radius 2 is 1.49 bits per heavy atom. The van der Waals surface area contributed by atoms with Crippen molar-refractivity contribution in [3.8, 4) is 28.0 Å². The number of rotatable bonds is 5. The molecule has 0 unspecified atom stereocenters. The third-order valence-electron chi connectivity index (χ3n) is 5.88. The largest absolute Gasteiger partial charge is 0.495 e. The van der Waals surface area contributed by atoms with Gasteiger partial charge >= 0.3 is 5.63 Å². The molecular formula is C30H22N2O4S. The van der Waals surface area contributed by atoms with Crippen molar-refractivity contribution in [3.05, 3.63) is 119 Å². The van der Waals surface area contributed by atoms with E-state index < -0.39 is 5.63 Å². The molecule has 1 aromatic heterocycles. The first-order valence-electron chi connectivity index (χ1n) is 11.5. The van der Waals surface area contributed by atoms with Gasteiger partial charge in [0.2, 0.25) is 0 Å². The second kappa shape index (κ2) is 10.5. The predicted molar refractivity (Wildman–Crippen MR) is 150 cm³/mol. The molecule has 0 saturated carbocycles. The maximum absolute atomic E-state index is 12.8. The lowest BCUT2D eigenvalue weighted by atomic mass is 10.0. The highest BCUT2D eigenvalue weighted by atomic mass is 32.1. The first-order chi connectivity index (χ1) is 18.0. The Bertz CT molecular complexity index is 1660. The molecule has 0 atom stereocenters. The maximum Gasteiger partial charge on any atom is 0.344 e. The number of amides is 1. The first-order valence-corrected chi connectivity index (χ1v) is 11.9. The molecule has 2 N–H and O–H groups in total. The molecule has 0 aliphatic heterocycles. The van der Waals surface area contributed by atoms with Crippen LogP contribution in [0.4, 0.5) is 5.69 Å². The number of benzene rings is 4. The Balaban J connectivity index is 1.34. The number of fused-ring (bicyclic) bond motifs is 1. The number of thiocarbonyl (C=S) groups is 1. The van der Waals surface area contributed by atoms with Gasteiger partial charge in [-0.3, -0.25) is 10.1 Å². The molecule has 0 saturated heterocycles. The summed E-state index contributed by atoms with van der Waals surface area (Å²) in [5, 5.41) is 6.61. The van der Waals surface area contributed by atoms with Crippen LogP contribution in [0.15, 0.2) is 112 Å². The van der Waals surface area contributed by atoms with E-state index in [0.717, 1.165) is 16.5 Å². The van der Waals surface area contributed by atoms with Crippen LogP contribution in [0.3, 0.4) is 0 Å². The molecule has 182 valence electrons. The number of carbonyl (C=O) groups is 1. The number of anilines is 1. The van der Waals surface area contributed by atoms with Crippen molar-refractivity contribution in [3.63, 3.8) is 0 Å². The number of para-hydroxylation sites is 1. The molecule has 6 nitrogen and oxygen atoms in total. The summed E-state index contributed by atoms with van der Waals surface area (Å²) in [7, 11) is 1.53. The number of hydrogen-bond donors (Lipinski definition) is 2. The third kappa shape index (κ3) is 5.27. The van der Waals surface area contributed by atoms with Crippen molar-refractivity contribution in [2.75, 3.05) is 12.4 Å². The predicted octanol–water partition coefficient (Wildman–Crippen LogP) is 6.26. The van der Waals surface area contributed by atoms with Crippen molar-refractivity contribution in [2.45, 2.75) is 0 Å². The minimum atomic E-state index is -0.454. The van der Waals surface area contributed by atoms with Crippen LogP contribution in [0.1, 0.15) is 10.4 Å². The van der Waals surface area contributed by atoms with Gasteiger partial charge in [-0.05, 0) is 65.3 Å². The molecule has 0 aliphatic rings. The van der Waals surface area contributed by atoms with Gasteiger partial charge in [-0.25, -0.2) is 4.79 Å². The lowest BCUT2D eigenvalue weighted by molar-refractivity contribution is 0.0977. The van der Waals surface area contributed by atoms with E-state index in [0.29, 0.717) is 33.7 Å². The monoisotopic (exact) mass is 506 g/mol. The molecule has 0 fully saturated rings. The fraction of sp³-hybridized carbons (Fsp3) is 0.0333. The van der Waals surface area contributed by atoms with E-state index in [1.807, 2.05) is 60.7 Å². The summed E-state index contributed by atoms with van der Waals surface area (Å²) >= 11 is 5.39. The minimum absolute atomic E-state index is 0.0955. The lowest BCUT2D eigenvalue weighted by Gasteiger charge is -2.14. The summed E-state index contributed by atoms with van der Waals surface area (Å²) < 4.78 is 10.9. The van der Waals surface area contributed by atoms with E-state index in [-0.39, 0.29) is 11.0 Å². The summed E-state index contributed by atoms with van der Waals surface area (Å²) in [5.41, 5.74) is 4.13. The average molecular weight is 507 g/mol. The fourth-order valence-corrected chi connectivity index (χ4v) is 4.21. The van der Waals surface area contributed by atoms with Crippen LogP contribution in [-0.2, 0) is 0 Å². The Morgan fingerprint density at radius 1 is 0.811 bits per heavy atom. The summed E-state index contributed by atoms with van der Waals surface area (Å²) in [4.78, 5) is 25.4. The molecule has 5 rings (SSSR count). The second-order valence-electron chi connectivity index (χ2n) is 8.25. The number of carbonyl (C=O) groups excluding carboxylic acids is 1. The van der Waals surface area contributed by atoms with Crippen LogP contribution in [0, 0.1) is 0 Å². The highest BCUT2D eigenvalue weighted by molar-refractivity contribution is 7.80. The Morgan fingerprint density at radius 3 is 2.24 bits per heavy atom. The zero-order chi connectivity index (χ0) is 25.8. The zero-order valence-electron chi connectivity index (χ0n) is 19.9. The van der Waals surface area contributed by atoms with Crippen molar-refractivity contribution in [2.24, 2.45) is 0 Å². The first kappa shape index (κ1) is 24.0. The molecule has 1 amide bonds. The highest BCUT2D eigenvalue weighted by Crippen LogP contribution is 2.30. The Labute approximate surface area is 218 Å². The Kier molecular flexibility index (Phi) is 6.78. The smallest absolute Gasteiger partial charge is 0.344 e. The van der Waals surface area contributed by atoms with E-state index in [1.165, 1.54) is 7.11 Å². The zero-order valence-corrected chi connectivity index (χ0v) is 20.7. The lowest BCUT2D eigenvalue weighted by Crippen LogP contribution is -2.34. The van der Waals surface area contributed by atoms with Crippen LogP contribution in [0.5, 0.6) is 5.75 Å². The average Bonchev–Trinajstić information content (AvgIpc) is 2.93. The Hall–Kier alpha value is -4.75. The van der Waals surface area contributed by atoms with Gasteiger partial charge in [-0.1, -0.05) is 66.7 Å². The van der Waals surface area contributed by atoms with Crippen molar-refractivity contribution < 1.29 is 13.9 Å². The maximum atomic E-state index is 12.8. The van der Waals surface area contributed by atoms with Crippen LogP contribution in [0.2, 0.25) is 0 Å². The summed E-state index contributed by atoms with van der Waals surface area (Å²) in [5.74, 6) is 0.153. The second-order valence-corrected chi connectivity index (χ2v) is 8.66. The molecule has 7 heteroatoms. The molecule has 0 radical (unpaired) electrons. The van der Waals surface area contributed by atoms with Gasteiger partial charge in [0.05, 0.1) is 18.4 Å². The van der Waals surface area contributed by atoms with Gasteiger partial charge in [0, 0.05) is 10.9 Å². The van der Waals surface area contributed by atoms with Crippen molar-refractivity contribution >= 4 is 39.9 Å². The van der Waals surface area contributed by atoms with E-state index >= 15 is 0 Å². The van der Waals surface area contributed by atoms with Gasteiger partial charge in [0.1, 0.15) is 11.3 Å². The quantitative estimate of drug-likeness (QED) is 0.216. The van der Waals surface area contributed by atoms with Crippen LogP contribution in [0.25, 0.3) is 33.2 Å². The van der Waals surface area contributed by atoms with E-state index in [4.69, 9.17) is 21.4 Å². The third-order valence-corrected chi connectivity index (χ3v) is 6.09. The van der Waals surface area contributed by atoms with Gasteiger partial charge < -0.3 is 14.5 Å². The molecule has 1 heterocycles. The van der Waals surface area contributed by atoms with Crippen molar-refractivity contribution in [1.82, 2.24) is 5.32 Å². The van der Waals surface area contributed by atoms with E-state index in [2.05, 4.69) is 10.6 Å². The van der Waals surface area contributed by atoms with Crippen molar-refractivity contribution in [1.29, 1.82) is 0 Å². The van der Waals surface area contributed by atoms with Gasteiger partial charge in [-0.15, -0.1) is 0 Å². The molecule has 37 heavy (non-hydrogen) atoms. The standard InChI is InChI=1S/C30H22N2O4S/c1-35-27-16-15-22(24-17-23-9-5-6-10-26(23)36-29(24)34)18-25(27)31-30(37)32-28(33)21-13-11-20(12-14-21)19-7-3-2-4-8-19/h2-18H,1H3,(H2,31,32,33,37). The van der Waals surface area contributed by atoms with Crippen LogP contribution in [-0.4, -0.2) is 18.1 Å². The van der Waals surface area contributed by atoms with Gasteiger partial charge in [0.15, 0.2) is 5.11 Å². The SMILES string of the molecule is COc1ccc(-c2cc3ccccc3oc2=O)cc1NC(=S)NC(=O)c1ccc(-c2ccccc2)cc1. The van der Waals surface area contributed by atoms with E-state index in [1.54, 1.807) is 42.5 Å². The molecule has 0 spiro atoms. The van der Waals surface area contributed by atoms with E-state index in [9.17, 15) is 9.59 Å². The minimum Gasteiger partial charge on any atom is -0.495 e. The normalized spacial score (nSPS) is 10.6. The number of methoxy groups -OCH3 is 1. The number of ether oxygens (including phenoxy) is 1. The highest BCUT2D eigenvalue weighted by Gasteiger charge is 2.14. The topological polar surface area (TPSA) is 80.6 Å². The summed E-state index contributed by atoms with van der Waals surface area (Å²) in [6.45, 7) is 0. The van der Waals surface area contributed by atoms with Crippen LogP contribution < -0.4 is 21.0 Å². The van der Waals surface area contributed by atoms with Gasteiger partial charge in [-0.2, -0.15) is 0 Å².